The van der Waals surface area contributed by atoms with Crippen LogP contribution in [0.2, 0.25) is 0 Å². The van der Waals surface area contributed by atoms with Crippen molar-refractivity contribution in [1.29, 1.82) is 0 Å². The number of hydrogen-bond donors (Lipinski definition) is 1. The van der Waals surface area contributed by atoms with Gasteiger partial charge in [0.1, 0.15) is 0 Å². The number of aromatic nitrogens is 2. The highest BCUT2D eigenvalue weighted by Crippen LogP contribution is 2.40. The molecule has 0 atom stereocenters. The molecule has 5 aromatic rings. The Morgan fingerprint density at radius 2 is 1.59 bits per heavy atom. The van der Waals surface area contributed by atoms with E-state index in [1.165, 1.54) is 11.8 Å². The second kappa shape index (κ2) is 6.68. The van der Waals surface area contributed by atoms with E-state index in [9.17, 15) is 4.79 Å². The summed E-state index contributed by atoms with van der Waals surface area (Å²) < 4.78 is 1.99. The highest BCUT2D eigenvalue weighted by atomic mass is 32.2. The van der Waals surface area contributed by atoms with E-state index in [0.29, 0.717) is 4.90 Å². The Kier molecular flexibility index (Phi) is 4.03. The minimum Gasteiger partial charge on any atom is -0.321 e. The zero-order valence-corrected chi connectivity index (χ0v) is 15.8. The zero-order chi connectivity index (χ0) is 18.2. The molecule has 130 valence electrons. The number of para-hydroxylation sites is 2. The summed E-state index contributed by atoms with van der Waals surface area (Å²) in [5, 5.41) is 1.03. The lowest BCUT2D eigenvalue weighted by Crippen LogP contribution is -2.10. The van der Waals surface area contributed by atoms with Crippen molar-refractivity contribution in [2.45, 2.75) is 9.24 Å². The van der Waals surface area contributed by atoms with Crippen molar-refractivity contribution in [1.82, 2.24) is 9.97 Å². The number of hydrogen-bond acceptors (Lipinski definition) is 4. The predicted molar refractivity (Wildman–Crippen MR) is 114 cm³/mol. The third-order valence-corrected chi connectivity index (χ3v) is 6.59. The first-order chi connectivity index (χ1) is 13.3. The SMILES string of the molecule is O=c1[nH]c2ccccc2c(-c2ccccc2)c1Sc1nc2ccccc2s1. The van der Waals surface area contributed by atoms with E-state index in [1.807, 2.05) is 66.7 Å². The van der Waals surface area contributed by atoms with E-state index in [-0.39, 0.29) is 5.56 Å². The fourth-order valence-electron chi connectivity index (χ4n) is 3.20. The molecule has 0 bridgehead atoms. The number of nitrogens with zero attached hydrogens (tertiary/aromatic N) is 1. The molecule has 5 rings (SSSR count). The van der Waals surface area contributed by atoms with Crippen molar-refractivity contribution in [3.8, 4) is 11.1 Å². The van der Waals surface area contributed by atoms with Gasteiger partial charge in [-0.3, -0.25) is 4.79 Å². The number of thiazole rings is 1. The topological polar surface area (TPSA) is 45.8 Å². The van der Waals surface area contributed by atoms with Crippen LogP contribution in [0, 0.1) is 0 Å². The molecule has 3 aromatic carbocycles. The van der Waals surface area contributed by atoms with E-state index >= 15 is 0 Å². The molecule has 0 fully saturated rings. The van der Waals surface area contributed by atoms with Crippen LogP contribution in [0.3, 0.4) is 0 Å². The fourth-order valence-corrected chi connectivity index (χ4v) is 5.37. The summed E-state index contributed by atoms with van der Waals surface area (Å²) in [5.74, 6) is 0. The lowest BCUT2D eigenvalue weighted by Gasteiger charge is -2.11. The molecule has 0 aliphatic heterocycles. The lowest BCUT2D eigenvalue weighted by atomic mass is 10.0. The molecule has 2 aromatic heterocycles. The van der Waals surface area contributed by atoms with Gasteiger partial charge < -0.3 is 4.98 Å². The van der Waals surface area contributed by atoms with Gasteiger partial charge in [-0.15, -0.1) is 11.3 Å². The molecule has 0 amide bonds. The fraction of sp³-hybridized carbons (Fsp3) is 0. The molecule has 0 saturated heterocycles. The van der Waals surface area contributed by atoms with Gasteiger partial charge in [0.2, 0.25) is 0 Å². The first kappa shape index (κ1) is 16.3. The Labute approximate surface area is 163 Å². The molecular formula is C22H14N2OS2. The quantitative estimate of drug-likeness (QED) is 0.416. The molecular weight excluding hydrogens is 372 g/mol. The van der Waals surface area contributed by atoms with Gasteiger partial charge in [0.15, 0.2) is 4.34 Å². The van der Waals surface area contributed by atoms with Crippen LogP contribution in [-0.2, 0) is 0 Å². The maximum Gasteiger partial charge on any atom is 0.263 e. The number of aromatic amines is 1. The van der Waals surface area contributed by atoms with Gasteiger partial charge in [-0.2, -0.15) is 0 Å². The first-order valence-corrected chi connectivity index (χ1v) is 10.2. The Morgan fingerprint density at radius 3 is 2.44 bits per heavy atom. The van der Waals surface area contributed by atoms with Gasteiger partial charge in [-0.1, -0.05) is 72.4 Å². The van der Waals surface area contributed by atoms with Crippen molar-refractivity contribution in [2.24, 2.45) is 0 Å². The number of pyridine rings is 1. The largest absolute Gasteiger partial charge is 0.321 e. The molecule has 0 radical (unpaired) electrons. The van der Waals surface area contributed by atoms with Gasteiger partial charge in [0.25, 0.3) is 5.56 Å². The van der Waals surface area contributed by atoms with Crippen LogP contribution >= 0.6 is 23.1 Å². The van der Waals surface area contributed by atoms with E-state index in [1.54, 1.807) is 11.3 Å². The van der Waals surface area contributed by atoms with Crippen molar-refractivity contribution in [2.75, 3.05) is 0 Å². The molecule has 0 aliphatic carbocycles. The molecule has 2 heterocycles. The van der Waals surface area contributed by atoms with Crippen LogP contribution < -0.4 is 5.56 Å². The Bertz CT molecular complexity index is 1290. The lowest BCUT2D eigenvalue weighted by molar-refractivity contribution is 1.19. The van der Waals surface area contributed by atoms with Gasteiger partial charge in [-0.25, -0.2) is 4.98 Å². The average Bonchev–Trinajstić information content (AvgIpc) is 3.12. The van der Waals surface area contributed by atoms with E-state index < -0.39 is 0 Å². The van der Waals surface area contributed by atoms with E-state index in [2.05, 4.69) is 17.1 Å². The Hall–Kier alpha value is -2.89. The molecule has 3 nitrogen and oxygen atoms in total. The van der Waals surface area contributed by atoms with Crippen LogP contribution in [0.25, 0.3) is 32.2 Å². The molecule has 0 saturated carbocycles. The monoisotopic (exact) mass is 386 g/mol. The molecule has 0 aliphatic rings. The number of rotatable bonds is 3. The van der Waals surface area contributed by atoms with Crippen LogP contribution in [0.1, 0.15) is 0 Å². The third-order valence-electron chi connectivity index (χ3n) is 4.40. The Morgan fingerprint density at radius 1 is 0.852 bits per heavy atom. The van der Waals surface area contributed by atoms with Crippen molar-refractivity contribution in [3.05, 3.63) is 89.2 Å². The van der Waals surface area contributed by atoms with Crippen molar-refractivity contribution < 1.29 is 0 Å². The molecule has 0 spiro atoms. The van der Waals surface area contributed by atoms with Crippen LogP contribution in [-0.4, -0.2) is 9.97 Å². The maximum atomic E-state index is 12.9. The minimum atomic E-state index is -0.0863. The van der Waals surface area contributed by atoms with E-state index in [4.69, 9.17) is 4.98 Å². The summed E-state index contributed by atoms with van der Waals surface area (Å²) >= 11 is 3.05. The summed E-state index contributed by atoms with van der Waals surface area (Å²) in [7, 11) is 0. The first-order valence-electron chi connectivity index (χ1n) is 8.53. The van der Waals surface area contributed by atoms with Crippen molar-refractivity contribution >= 4 is 44.2 Å². The zero-order valence-electron chi connectivity index (χ0n) is 14.2. The summed E-state index contributed by atoms with van der Waals surface area (Å²) in [5.41, 5.74) is 3.71. The maximum absolute atomic E-state index is 12.9. The van der Waals surface area contributed by atoms with Gasteiger partial charge >= 0.3 is 0 Å². The normalized spacial score (nSPS) is 11.3. The van der Waals surface area contributed by atoms with Crippen molar-refractivity contribution in [3.63, 3.8) is 0 Å². The smallest absolute Gasteiger partial charge is 0.263 e. The second-order valence-corrected chi connectivity index (χ2v) is 8.41. The number of benzene rings is 3. The molecule has 5 heteroatoms. The minimum absolute atomic E-state index is 0.0863. The summed E-state index contributed by atoms with van der Waals surface area (Å²) in [6.45, 7) is 0. The number of nitrogens with one attached hydrogen (secondary N) is 1. The summed E-state index contributed by atoms with van der Waals surface area (Å²) in [6.07, 6.45) is 0. The van der Waals surface area contributed by atoms with E-state index in [0.717, 1.165) is 36.6 Å². The van der Waals surface area contributed by atoms with Gasteiger partial charge in [0.05, 0.1) is 15.1 Å². The van der Waals surface area contributed by atoms with Crippen LogP contribution in [0.4, 0.5) is 0 Å². The Balaban J connectivity index is 1.75. The second-order valence-electron chi connectivity index (χ2n) is 6.12. The van der Waals surface area contributed by atoms with Gasteiger partial charge in [-0.05, 0) is 23.8 Å². The molecule has 0 unspecified atom stereocenters. The standard InChI is InChI=1S/C22H14N2OS2/c25-21-20(27-22-24-17-12-6-7-13-18(17)26-22)19(14-8-2-1-3-9-14)15-10-4-5-11-16(15)23-21/h1-13H,(H,23,25). The third kappa shape index (κ3) is 2.95. The summed E-state index contributed by atoms with van der Waals surface area (Å²) in [4.78, 5) is 21.3. The summed E-state index contributed by atoms with van der Waals surface area (Å²) in [6, 6.07) is 26.0. The van der Waals surface area contributed by atoms with Gasteiger partial charge in [0, 0.05) is 16.5 Å². The van der Waals surface area contributed by atoms with Crippen LogP contribution in [0.15, 0.2) is 92.9 Å². The average molecular weight is 387 g/mol. The van der Waals surface area contributed by atoms with Crippen LogP contribution in [0.5, 0.6) is 0 Å². The number of fused-ring (bicyclic) bond motifs is 2. The molecule has 27 heavy (non-hydrogen) atoms. The highest BCUT2D eigenvalue weighted by molar-refractivity contribution is 8.01. The predicted octanol–water partition coefficient (Wildman–Crippen LogP) is 5.96. The number of H-pyrrole nitrogens is 1. The highest BCUT2D eigenvalue weighted by Gasteiger charge is 2.17. The molecule has 1 N–H and O–H groups in total.